The van der Waals surface area contributed by atoms with Gasteiger partial charge in [0.25, 0.3) is 0 Å². The molecule has 0 spiro atoms. The van der Waals surface area contributed by atoms with Crippen LogP contribution in [0.5, 0.6) is 0 Å². The standard InChI is InChI=1S/C13H16ClNO2/c1-3-8-15(2)12-9-11(14)6-4-10(12)5-7-13(16)17/h4-7,9H,3,8H2,1-2H3,(H,16,17)/b7-5+. The van der Waals surface area contributed by atoms with Crippen molar-refractivity contribution in [2.24, 2.45) is 0 Å². The fourth-order valence-electron chi connectivity index (χ4n) is 1.61. The van der Waals surface area contributed by atoms with Crippen LogP contribution in [-0.2, 0) is 4.79 Å². The van der Waals surface area contributed by atoms with Crippen LogP contribution in [0.25, 0.3) is 6.08 Å². The molecule has 92 valence electrons. The molecule has 0 unspecified atom stereocenters. The van der Waals surface area contributed by atoms with E-state index < -0.39 is 5.97 Å². The van der Waals surface area contributed by atoms with Crippen LogP contribution in [-0.4, -0.2) is 24.7 Å². The summed E-state index contributed by atoms with van der Waals surface area (Å²) in [7, 11) is 1.97. The summed E-state index contributed by atoms with van der Waals surface area (Å²) in [5.74, 6) is -0.955. The molecule has 3 nitrogen and oxygen atoms in total. The topological polar surface area (TPSA) is 40.5 Å². The summed E-state index contributed by atoms with van der Waals surface area (Å²) in [6.07, 6.45) is 3.73. The largest absolute Gasteiger partial charge is 0.478 e. The third-order valence-electron chi connectivity index (χ3n) is 2.37. The van der Waals surface area contributed by atoms with Gasteiger partial charge in [0.05, 0.1) is 0 Å². The number of halogens is 1. The predicted octanol–water partition coefficient (Wildman–Crippen LogP) is 3.28. The van der Waals surface area contributed by atoms with Gasteiger partial charge in [0, 0.05) is 30.4 Å². The second-order valence-corrected chi connectivity index (χ2v) is 4.23. The van der Waals surface area contributed by atoms with Crippen molar-refractivity contribution in [1.82, 2.24) is 0 Å². The molecule has 1 aromatic carbocycles. The van der Waals surface area contributed by atoms with Crippen molar-refractivity contribution in [3.05, 3.63) is 34.9 Å². The van der Waals surface area contributed by atoms with Crippen molar-refractivity contribution in [1.29, 1.82) is 0 Å². The van der Waals surface area contributed by atoms with Crippen LogP contribution < -0.4 is 4.90 Å². The van der Waals surface area contributed by atoms with E-state index in [1.165, 1.54) is 0 Å². The molecule has 0 fully saturated rings. The van der Waals surface area contributed by atoms with Crippen molar-refractivity contribution >= 4 is 29.3 Å². The van der Waals surface area contributed by atoms with Gasteiger partial charge in [0.1, 0.15) is 0 Å². The summed E-state index contributed by atoms with van der Waals surface area (Å²) in [5.41, 5.74) is 1.80. The van der Waals surface area contributed by atoms with Crippen molar-refractivity contribution in [2.75, 3.05) is 18.5 Å². The molecule has 0 bridgehead atoms. The van der Waals surface area contributed by atoms with E-state index in [0.717, 1.165) is 30.3 Å². The number of hydrogen-bond donors (Lipinski definition) is 1. The number of carboxylic acid groups (broad SMARTS) is 1. The summed E-state index contributed by atoms with van der Waals surface area (Å²) in [6, 6.07) is 5.42. The molecule has 0 aliphatic carbocycles. The van der Waals surface area contributed by atoms with Gasteiger partial charge >= 0.3 is 5.97 Å². The Bertz CT molecular complexity index is 429. The molecule has 0 aliphatic rings. The number of carbonyl (C=O) groups is 1. The van der Waals surface area contributed by atoms with E-state index in [0.29, 0.717) is 5.02 Å². The molecule has 0 aromatic heterocycles. The molecule has 0 atom stereocenters. The Morgan fingerprint density at radius 3 is 2.82 bits per heavy atom. The van der Waals surface area contributed by atoms with Gasteiger partial charge in [-0.2, -0.15) is 0 Å². The Morgan fingerprint density at radius 2 is 2.24 bits per heavy atom. The van der Waals surface area contributed by atoms with Gasteiger partial charge in [0.15, 0.2) is 0 Å². The highest BCUT2D eigenvalue weighted by molar-refractivity contribution is 6.31. The van der Waals surface area contributed by atoms with E-state index in [4.69, 9.17) is 16.7 Å². The molecule has 1 aromatic rings. The fourth-order valence-corrected chi connectivity index (χ4v) is 1.77. The smallest absolute Gasteiger partial charge is 0.328 e. The minimum absolute atomic E-state index is 0.649. The zero-order valence-corrected chi connectivity index (χ0v) is 10.7. The molecule has 0 radical (unpaired) electrons. The predicted molar refractivity (Wildman–Crippen MR) is 71.7 cm³/mol. The highest BCUT2D eigenvalue weighted by atomic mass is 35.5. The van der Waals surface area contributed by atoms with Gasteiger partial charge in [-0.15, -0.1) is 0 Å². The molecule has 0 amide bonds. The summed E-state index contributed by atoms with van der Waals surface area (Å²) >= 11 is 5.96. The van der Waals surface area contributed by atoms with Crippen LogP contribution >= 0.6 is 11.6 Å². The first-order chi connectivity index (χ1) is 8.04. The van der Waals surface area contributed by atoms with Gasteiger partial charge in [-0.05, 0) is 30.2 Å². The molecule has 17 heavy (non-hydrogen) atoms. The monoisotopic (exact) mass is 253 g/mol. The van der Waals surface area contributed by atoms with E-state index in [1.54, 1.807) is 12.1 Å². The quantitative estimate of drug-likeness (QED) is 0.819. The van der Waals surface area contributed by atoms with Crippen molar-refractivity contribution < 1.29 is 9.90 Å². The van der Waals surface area contributed by atoms with Crippen LogP contribution in [0.1, 0.15) is 18.9 Å². The Morgan fingerprint density at radius 1 is 1.53 bits per heavy atom. The molecule has 0 aliphatic heterocycles. The number of aliphatic carboxylic acids is 1. The molecular weight excluding hydrogens is 238 g/mol. The van der Waals surface area contributed by atoms with Gasteiger partial charge in [-0.1, -0.05) is 24.6 Å². The highest BCUT2D eigenvalue weighted by Gasteiger charge is 2.06. The molecule has 4 heteroatoms. The molecule has 1 rings (SSSR count). The molecule has 0 saturated heterocycles. The van der Waals surface area contributed by atoms with Crippen LogP contribution in [0.2, 0.25) is 5.02 Å². The number of anilines is 1. The lowest BCUT2D eigenvalue weighted by Crippen LogP contribution is -2.18. The summed E-state index contributed by atoms with van der Waals surface area (Å²) in [4.78, 5) is 12.6. The highest BCUT2D eigenvalue weighted by Crippen LogP contribution is 2.25. The summed E-state index contributed by atoms with van der Waals surface area (Å²) in [5, 5.41) is 9.28. The van der Waals surface area contributed by atoms with Crippen molar-refractivity contribution in [2.45, 2.75) is 13.3 Å². The van der Waals surface area contributed by atoms with Gasteiger partial charge in [-0.3, -0.25) is 0 Å². The number of rotatable bonds is 5. The molecular formula is C13H16ClNO2. The number of carboxylic acids is 1. The maximum absolute atomic E-state index is 10.5. The second-order valence-electron chi connectivity index (χ2n) is 3.80. The zero-order valence-electron chi connectivity index (χ0n) is 9.98. The summed E-state index contributed by atoms with van der Waals surface area (Å²) in [6.45, 7) is 2.99. The maximum Gasteiger partial charge on any atom is 0.328 e. The Kier molecular flexibility index (Phi) is 5.04. The zero-order chi connectivity index (χ0) is 12.8. The SMILES string of the molecule is CCCN(C)c1cc(Cl)ccc1/C=C/C(=O)O. The lowest BCUT2D eigenvalue weighted by Gasteiger charge is -2.21. The van der Waals surface area contributed by atoms with E-state index >= 15 is 0 Å². The first-order valence-corrected chi connectivity index (χ1v) is 5.84. The Labute approximate surface area is 106 Å². The average Bonchev–Trinajstić information content (AvgIpc) is 2.27. The summed E-state index contributed by atoms with van der Waals surface area (Å²) < 4.78 is 0. The molecule has 0 heterocycles. The number of nitrogens with zero attached hydrogens (tertiary/aromatic N) is 1. The van der Waals surface area contributed by atoms with Crippen LogP contribution in [0.4, 0.5) is 5.69 Å². The number of benzene rings is 1. The lowest BCUT2D eigenvalue weighted by molar-refractivity contribution is -0.131. The third kappa shape index (κ3) is 4.11. The van der Waals surface area contributed by atoms with Gasteiger partial charge in [-0.25, -0.2) is 4.79 Å². The van der Waals surface area contributed by atoms with E-state index in [9.17, 15) is 4.79 Å². The van der Waals surface area contributed by atoms with Crippen LogP contribution in [0, 0.1) is 0 Å². The average molecular weight is 254 g/mol. The molecule has 1 N–H and O–H groups in total. The van der Waals surface area contributed by atoms with Crippen LogP contribution in [0.15, 0.2) is 24.3 Å². The minimum atomic E-state index is -0.955. The fraction of sp³-hybridized carbons (Fsp3) is 0.308. The second kappa shape index (κ2) is 6.30. The Hall–Kier alpha value is -1.48. The first-order valence-electron chi connectivity index (χ1n) is 5.46. The van der Waals surface area contributed by atoms with Gasteiger partial charge in [0.2, 0.25) is 0 Å². The van der Waals surface area contributed by atoms with E-state index in [-0.39, 0.29) is 0 Å². The van der Waals surface area contributed by atoms with E-state index in [2.05, 4.69) is 11.8 Å². The van der Waals surface area contributed by atoms with E-state index in [1.807, 2.05) is 19.2 Å². The maximum atomic E-state index is 10.5. The third-order valence-corrected chi connectivity index (χ3v) is 2.60. The lowest BCUT2D eigenvalue weighted by atomic mass is 10.1. The Balaban J connectivity index is 3.07. The first kappa shape index (κ1) is 13.6. The van der Waals surface area contributed by atoms with Crippen molar-refractivity contribution in [3.8, 4) is 0 Å². The normalized spacial score (nSPS) is 10.8. The minimum Gasteiger partial charge on any atom is -0.478 e. The number of hydrogen-bond acceptors (Lipinski definition) is 2. The van der Waals surface area contributed by atoms with Crippen LogP contribution in [0.3, 0.4) is 0 Å². The van der Waals surface area contributed by atoms with Gasteiger partial charge < -0.3 is 10.0 Å². The van der Waals surface area contributed by atoms with Crippen molar-refractivity contribution in [3.63, 3.8) is 0 Å². The molecule has 0 saturated carbocycles.